The maximum absolute atomic E-state index is 4.42. The molecule has 0 radical (unpaired) electrons. The van der Waals surface area contributed by atoms with Crippen LogP contribution in [0.5, 0.6) is 0 Å². The van der Waals surface area contributed by atoms with Crippen LogP contribution in [0.1, 0.15) is 6.42 Å². The van der Waals surface area contributed by atoms with E-state index in [1.165, 1.54) is 0 Å². The molecule has 0 heteroatoms. The van der Waals surface area contributed by atoms with Gasteiger partial charge in [-0.2, -0.15) is 0 Å². The molecular formula is C39H38. The molecule has 0 unspecified atom stereocenters. The van der Waals surface area contributed by atoms with Crippen LogP contribution in [0.15, 0.2) is 230 Å². The van der Waals surface area contributed by atoms with Crippen molar-refractivity contribution in [2.24, 2.45) is 0 Å². The molecule has 0 atom stereocenters. The highest BCUT2D eigenvalue weighted by atomic mass is 14.1. The average molecular weight is 507 g/mol. The molecule has 39 heavy (non-hydrogen) atoms. The van der Waals surface area contributed by atoms with Gasteiger partial charge < -0.3 is 0 Å². The van der Waals surface area contributed by atoms with E-state index < -0.39 is 0 Å². The molecule has 2 aliphatic rings. The van der Waals surface area contributed by atoms with Gasteiger partial charge in [-0.05, 0) is 23.1 Å². The summed E-state index contributed by atoms with van der Waals surface area (Å²) in [6.45, 7) is 4.42. The van der Waals surface area contributed by atoms with Crippen molar-refractivity contribution in [1.82, 2.24) is 0 Å². The first-order chi connectivity index (χ1) is 19.4. The number of hydrogen-bond donors (Lipinski definition) is 0. The van der Waals surface area contributed by atoms with E-state index in [4.69, 9.17) is 0 Å². The number of rotatable bonds is 0. The predicted octanol–water partition coefficient (Wildman–Crippen LogP) is 10.7. The third-order valence-electron chi connectivity index (χ3n) is 5.12. The van der Waals surface area contributed by atoms with Crippen molar-refractivity contribution in [1.29, 1.82) is 0 Å². The minimum atomic E-state index is 0.745. The molecule has 0 heterocycles. The maximum atomic E-state index is 4.42. The summed E-state index contributed by atoms with van der Waals surface area (Å²) in [5, 5.41) is 0. The standard InChI is InChI=1S/C39H38/c1-37-33-29-25-21-17-13-9-5-4-7-11-15-19-23-27-31-35-38-34-30-26-22-18-14-10-6-2-3-8-12-16-20-24-28-32-36-39(37)38/h2-32,34-36H,1,33H2. The number of fused-ring (bicyclic) bond motifs is 1. The fourth-order valence-corrected chi connectivity index (χ4v) is 3.19. The van der Waals surface area contributed by atoms with E-state index in [9.17, 15) is 0 Å². The van der Waals surface area contributed by atoms with Gasteiger partial charge in [-0.3, -0.25) is 0 Å². The molecule has 0 saturated carbocycles. The highest BCUT2D eigenvalue weighted by Crippen LogP contribution is 2.23. The third-order valence-corrected chi connectivity index (χ3v) is 5.12. The Morgan fingerprint density at radius 1 is 0.333 bits per heavy atom. The van der Waals surface area contributed by atoms with Crippen LogP contribution in [0.25, 0.3) is 0 Å². The molecule has 0 saturated heterocycles. The van der Waals surface area contributed by atoms with Crippen LogP contribution in [0, 0.1) is 0 Å². The molecule has 2 aliphatic carbocycles. The van der Waals surface area contributed by atoms with Crippen molar-refractivity contribution in [3.63, 3.8) is 0 Å². The summed E-state index contributed by atoms with van der Waals surface area (Å²) < 4.78 is 0. The highest BCUT2D eigenvalue weighted by molar-refractivity contribution is 5.54. The zero-order valence-electron chi connectivity index (χ0n) is 22.5. The lowest BCUT2D eigenvalue weighted by Crippen LogP contribution is -1.91. The van der Waals surface area contributed by atoms with Crippen LogP contribution in [0.2, 0.25) is 0 Å². The van der Waals surface area contributed by atoms with Crippen molar-refractivity contribution in [2.75, 3.05) is 0 Å². The second kappa shape index (κ2) is 22.3. The molecule has 0 nitrogen and oxygen atoms in total. The summed E-state index contributed by atoms with van der Waals surface area (Å²) in [6.07, 6.45) is 69.9. The SMILES string of the molecule is C=C1CC=CC=CC=CC=CC=CC=CC=CC=CC2=CC=CC=CC=CC=CC=CC=CC=CC=CC=C12. The normalized spacial score (nSPS) is 17.4. The Hall–Kier alpha value is -4.94. The molecule has 0 N–H and O–H groups in total. The minimum absolute atomic E-state index is 0.745. The first-order valence-corrected chi connectivity index (χ1v) is 13.1. The van der Waals surface area contributed by atoms with Gasteiger partial charge in [-0.15, -0.1) is 0 Å². The molecule has 0 aromatic heterocycles. The van der Waals surface area contributed by atoms with Gasteiger partial charge >= 0.3 is 0 Å². The first kappa shape index (κ1) is 30.3. The molecule has 2 rings (SSSR count). The van der Waals surface area contributed by atoms with E-state index in [0.717, 1.165) is 23.1 Å². The maximum Gasteiger partial charge on any atom is -0.00940 e. The highest BCUT2D eigenvalue weighted by Gasteiger charge is 2.04. The largest absolute Gasteiger partial charge is 0.0949 e. The summed E-state index contributed by atoms with van der Waals surface area (Å²) >= 11 is 0. The molecule has 0 spiro atoms. The second-order valence-corrected chi connectivity index (χ2v) is 8.19. The van der Waals surface area contributed by atoms with E-state index in [1.807, 2.05) is 158 Å². The zero-order valence-corrected chi connectivity index (χ0v) is 22.5. The van der Waals surface area contributed by atoms with Crippen LogP contribution >= 0.6 is 0 Å². The molecule has 0 aliphatic heterocycles. The van der Waals surface area contributed by atoms with Crippen molar-refractivity contribution >= 4 is 0 Å². The van der Waals surface area contributed by atoms with Gasteiger partial charge in [0.2, 0.25) is 0 Å². The van der Waals surface area contributed by atoms with Gasteiger partial charge in [0.05, 0.1) is 0 Å². The van der Waals surface area contributed by atoms with Gasteiger partial charge in [0.1, 0.15) is 0 Å². The lowest BCUT2D eigenvalue weighted by atomic mass is 9.94. The van der Waals surface area contributed by atoms with Gasteiger partial charge in [0.15, 0.2) is 0 Å². The summed E-state index contributed by atoms with van der Waals surface area (Å²) in [5.74, 6) is 0. The zero-order chi connectivity index (χ0) is 27.5. The van der Waals surface area contributed by atoms with Crippen LogP contribution in [0.4, 0.5) is 0 Å². The van der Waals surface area contributed by atoms with Crippen LogP contribution in [0.3, 0.4) is 0 Å². The van der Waals surface area contributed by atoms with E-state index >= 15 is 0 Å². The summed E-state index contributed by atoms with van der Waals surface area (Å²) in [5.41, 5.74) is 3.20. The quantitative estimate of drug-likeness (QED) is 0.306. The molecule has 194 valence electrons. The monoisotopic (exact) mass is 506 g/mol. The summed E-state index contributed by atoms with van der Waals surface area (Å²) in [7, 11) is 0. The average Bonchev–Trinajstić information content (AvgIpc) is 2.94. The lowest BCUT2D eigenvalue weighted by Gasteiger charge is -2.10. The van der Waals surface area contributed by atoms with E-state index in [2.05, 4.69) is 55.2 Å². The number of hydrogen-bond acceptors (Lipinski definition) is 0. The van der Waals surface area contributed by atoms with Gasteiger partial charge in [-0.25, -0.2) is 0 Å². The molecule has 0 fully saturated rings. The van der Waals surface area contributed by atoms with Gasteiger partial charge in [0, 0.05) is 0 Å². The van der Waals surface area contributed by atoms with Crippen molar-refractivity contribution < 1.29 is 0 Å². The van der Waals surface area contributed by atoms with Crippen molar-refractivity contribution in [3.05, 3.63) is 230 Å². The molecule has 0 aromatic carbocycles. The van der Waals surface area contributed by atoms with E-state index in [1.54, 1.807) is 0 Å². The molecule has 0 amide bonds. The van der Waals surface area contributed by atoms with Crippen LogP contribution in [-0.2, 0) is 0 Å². The Balaban J connectivity index is 2.46. The fourth-order valence-electron chi connectivity index (χ4n) is 3.19. The van der Waals surface area contributed by atoms with E-state index in [0.29, 0.717) is 0 Å². The Bertz CT molecular complexity index is 1300. The fraction of sp³-hybridized carbons (Fsp3) is 0.0256. The van der Waals surface area contributed by atoms with Crippen molar-refractivity contribution in [3.8, 4) is 0 Å². The Kier molecular flexibility index (Phi) is 17.3. The van der Waals surface area contributed by atoms with Crippen LogP contribution < -0.4 is 0 Å². The Morgan fingerprint density at radius 2 is 0.641 bits per heavy atom. The molecular weight excluding hydrogens is 468 g/mol. The Morgan fingerprint density at radius 3 is 1.05 bits per heavy atom. The lowest BCUT2D eigenvalue weighted by molar-refractivity contribution is 1.24. The Labute approximate surface area is 235 Å². The van der Waals surface area contributed by atoms with E-state index in [-0.39, 0.29) is 0 Å². The second-order valence-electron chi connectivity index (χ2n) is 8.19. The summed E-state index contributed by atoms with van der Waals surface area (Å²) in [6, 6.07) is 0. The predicted molar refractivity (Wildman–Crippen MR) is 176 cm³/mol. The van der Waals surface area contributed by atoms with Gasteiger partial charge in [0.25, 0.3) is 0 Å². The third kappa shape index (κ3) is 16.4. The van der Waals surface area contributed by atoms with Crippen molar-refractivity contribution in [2.45, 2.75) is 6.42 Å². The summed E-state index contributed by atoms with van der Waals surface area (Å²) in [4.78, 5) is 0. The van der Waals surface area contributed by atoms with Gasteiger partial charge in [-0.1, -0.05) is 213 Å². The molecule has 0 bridgehead atoms. The minimum Gasteiger partial charge on any atom is -0.0949 e. The first-order valence-electron chi connectivity index (χ1n) is 13.1. The topological polar surface area (TPSA) is 0 Å². The smallest absolute Gasteiger partial charge is 0.00940 e. The number of allylic oxidation sites excluding steroid dienone is 37. The molecule has 0 aromatic rings. The van der Waals surface area contributed by atoms with Crippen LogP contribution in [-0.4, -0.2) is 0 Å².